The van der Waals surface area contributed by atoms with E-state index in [1.165, 1.54) is 12.1 Å². The largest absolute Gasteiger partial charge is 0.485 e. The van der Waals surface area contributed by atoms with E-state index in [2.05, 4.69) is 16.7 Å². The van der Waals surface area contributed by atoms with Gasteiger partial charge in [-0.15, -0.1) is 0 Å². The van der Waals surface area contributed by atoms with Gasteiger partial charge in [0.2, 0.25) is 0 Å². The lowest BCUT2D eigenvalue weighted by Gasteiger charge is -2.35. The fourth-order valence-electron chi connectivity index (χ4n) is 3.84. The minimum absolute atomic E-state index is 0.171. The van der Waals surface area contributed by atoms with Crippen LogP contribution in [0.5, 0.6) is 5.75 Å². The second-order valence-electron chi connectivity index (χ2n) is 7.92. The lowest BCUT2D eigenvalue weighted by Crippen LogP contribution is -2.46. The number of nitrogens with zero attached hydrogens (tertiary/aromatic N) is 3. The molecule has 1 saturated heterocycles. The molecule has 2 heterocycles. The van der Waals surface area contributed by atoms with Crippen LogP contribution in [0, 0.1) is 11.6 Å². The van der Waals surface area contributed by atoms with Gasteiger partial charge in [-0.1, -0.05) is 31.2 Å². The van der Waals surface area contributed by atoms with E-state index in [1.54, 1.807) is 0 Å². The van der Waals surface area contributed by atoms with E-state index >= 15 is 0 Å². The molecule has 4 rings (SSSR count). The number of anilines is 1. The van der Waals surface area contributed by atoms with Crippen molar-refractivity contribution in [3.63, 3.8) is 0 Å². The Hall–Kier alpha value is -3.83. The zero-order valence-electron chi connectivity index (χ0n) is 19.7. The van der Waals surface area contributed by atoms with E-state index in [0.717, 1.165) is 49.3 Å². The van der Waals surface area contributed by atoms with Gasteiger partial charge < -0.3 is 29.9 Å². The molecule has 3 N–H and O–H groups in total. The number of carbonyl (C=O) groups is 2. The number of aromatic nitrogens is 1. The number of aliphatic carboxylic acids is 2. The number of likely N-dealkylation sites (N-methyl/N-ethyl adjacent to an activating group) is 1. The second kappa shape index (κ2) is 12.2. The maximum absolute atomic E-state index is 14.5. The van der Waals surface area contributed by atoms with Crippen molar-refractivity contribution in [2.24, 2.45) is 0 Å². The first-order valence-electron chi connectivity index (χ1n) is 11.3. The number of carboxylic acids is 2. The highest BCUT2D eigenvalue weighted by atomic mass is 19.1. The molecule has 9 nitrogen and oxygen atoms in total. The summed E-state index contributed by atoms with van der Waals surface area (Å²) < 4.78 is 33.9. The predicted molar refractivity (Wildman–Crippen MR) is 129 cm³/mol. The van der Waals surface area contributed by atoms with Crippen molar-refractivity contribution in [1.29, 1.82) is 0 Å². The van der Waals surface area contributed by atoms with Crippen LogP contribution in [0.2, 0.25) is 0 Å². The van der Waals surface area contributed by atoms with Gasteiger partial charge in [0.05, 0.1) is 12.3 Å². The number of benzene rings is 2. The molecule has 0 amide bonds. The van der Waals surface area contributed by atoms with Crippen LogP contribution >= 0.6 is 0 Å². The first kappa shape index (κ1) is 26.8. The monoisotopic (exact) mass is 503 g/mol. The van der Waals surface area contributed by atoms with Crippen molar-refractivity contribution in [1.82, 2.24) is 9.88 Å². The molecule has 0 atom stereocenters. The Morgan fingerprint density at radius 2 is 1.61 bits per heavy atom. The van der Waals surface area contributed by atoms with E-state index in [9.17, 15) is 8.78 Å². The molecule has 0 saturated carbocycles. The van der Waals surface area contributed by atoms with Gasteiger partial charge in [0.1, 0.15) is 12.4 Å². The van der Waals surface area contributed by atoms with Crippen molar-refractivity contribution in [2.45, 2.75) is 6.92 Å². The summed E-state index contributed by atoms with van der Waals surface area (Å²) >= 11 is 0. The molecule has 0 bridgehead atoms. The average molecular weight is 504 g/mol. The Balaban J connectivity index is 0.000000538. The van der Waals surface area contributed by atoms with Crippen LogP contribution in [0.1, 0.15) is 6.92 Å². The third-order valence-corrected chi connectivity index (χ3v) is 5.65. The standard InChI is InChI=1S/C23H25F2N3O2.C2H2O4/c1-2-27-7-9-28(10-8-27)23-18-6-4-3-5-16(18)15-21(26-23)17-13-19(24)22(20(25)14-17)30-12-11-29;3-1(4)2(5)6/h3-6,13-15,29H,2,7-12H2,1H3;(H,3,4)(H,5,6). The number of carboxylic acid groups (broad SMARTS) is 2. The normalized spacial score (nSPS) is 13.7. The number of ether oxygens (including phenoxy) is 1. The maximum Gasteiger partial charge on any atom is 0.414 e. The Morgan fingerprint density at radius 3 is 2.17 bits per heavy atom. The number of aliphatic hydroxyl groups is 1. The van der Waals surface area contributed by atoms with Gasteiger partial charge in [0, 0.05) is 37.1 Å². The molecule has 1 aliphatic rings. The van der Waals surface area contributed by atoms with E-state index in [0.29, 0.717) is 11.3 Å². The number of piperazine rings is 1. The van der Waals surface area contributed by atoms with Gasteiger partial charge >= 0.3 is 11.9 Å². The Kier molecular flexibility index (Phi) is 9.09. The van der Waals surface area contributed by atoms with Crippen molar-refractivity contribution in [2.75, 3.05) is 50.8 Å². The summed E-state index contributed by atoms with van der Waals surface area (Å²) in [6.07, 6.45) is 0. The fourth-order valence-corrected chi connectivity index (χ4v) is 3.84. The number of hydrogen-bond acceptors (Lipinski definition) is 7. The van der Waals surface area contributed by atoms with Crippen LogP contribution in [0.25, 0.3) is 22.0 Å². The molecule has 1 aromatic heterocycles. The number of pyridine rings is 1. The zero-order valence-corrected chi connectivity index (χ0v) is 19.7. The highest BCUT2D eigenvalue weighted by Crippen LogP contribution is 2.33. The molecule has 0 radical (unpaired) electrons. The molecule has 11 heteroatoms. The first-order valence-corrected chi connectivity index (χ1v) is 11.3. The van der Waals surface area contributed by atoms with Crippen LogP contribution in [-0.4, -0.2) is 83.1 Å². The summed E-state index contributed by atoms with van der Waals surface area (Å²) in [5, 5.41) is 25.6. The third kappa shape index (κ3) is 6.43. The quantitative estimate of drug-likeness (QED) is 0.436. The van der Waals surface area contributed by atoms with Crippen LogP contribution in [0.15, 0.2) is 42.5 Å². The summed E-state index contributed by atoms with van der Waals surface area (Å²) in [5.74, 6) is -4.92. The van der Waals surface area contributed by atoms with Gasteiger partial charge in [0.25, 0.3) is 0 Å². The predicted octanol–water partition coefficient (Wildman–Crippen LogP) is 2.85. The molecule has 0 aliphatic carbocycles. The molecular weight excluding hydrogens is 476 g/mol. The number of fused-ring (bicyclic) bond motifs is 1. The molecular formula is C25H27F2N3O6. The topological polar surface area (TPSA) is 123 Å². The van der Waals surface area contributed by atoms with E-state index in [-0.39, 0.29) is 13.2 Å². The van der Waals surface area contributed by atoms with Gasteiger partial charge in [-0.25, -0.2) is 23.4 Å². The van der Waals surface area contributed by atoms with E-state index in [1.807, 2.05) is 30.3 Å². The Bertz CT molecular complexity index is 1200. The smallest absolute Gasteiger partial charge is 0.414 e. The summed E-state index contributed by atoms with van der Waals surface area (Å²) in [7, 11) is 0. The minimum atomic E-state index is -1.82. The van der Waals surface area contributed by atoms with Crippen molar-refractivity contribution in [3.8, 4) is 17.0 Å². The highest BCUT2D eigenvalue weighted by molar-refractivity contribution is 6.27. The Labute approximate surface area is 206 Å². The average Bonchev–Trinajstić information content (AvgIpc) is 2.88. The van der Waals surface area contributed by atoms with Gasteiger partial charge in [-0.05, 0) is 30.1 Å². The van der Waals surface area contributed by atoms with E-state index in [4.69, 9.17) is 34.6 Å². The molecule has 1 aliphatic heterocycles. The molecule has 0 unspecified atom stereocenters. The molecule has 2 aromatic carbocycles. The van der Waals surface area contributed by atoms with Crippen LogP contribution in [-0.2, 0) is 9.59 Å². The van der Waals surface area contributed by atoms with Gasteiger partial charge in [-0.3, -0.25) is 0 Å². The maximum atomic E-state index is 14.5. The summed E-state index contributed by atoms with van der Waals surface area (Å²) in [6, 6.07) is 12.2. The lowest BCUT2D eigenvalue weighted by atomic mass is 10.1. The molecule has 36 heavy (non-hydrogen) atoms. The second-order valence-corrected chi connectivity index (χ2v) is 7.92. The van der Waals surface area contributed by atoms with Gasteiger partial charge in [0.15, 0.2) is 17.4 Å². The number of halogens is 2. The van der Waals surface area contributed by atoms with Crippen molar-refractivity contribution >= 4 is 28.5 Å². The van der Waals surface area contributed by atoms with Crippen LogP contribution in [0.3, 0.4) is 0 Å². The fraction of sp³-hybridized carbons (Fsp3) is 0.320. The van der Waals surface area contributed by atoms with Crippen LogP contribution in [0.4, 0.5) is 14.6 Å². The summed E-state index contributed by atoms with van der Waals surface area (Å²) in [5.41, 5.74) is 0.855. The highest BCUT2D eigenvalue weighted by Gasteiger charge is 2.21. The van der Waals surface area contributed by atoms with Crippen molar-refractivity contribution in [3.05, 3.63) is 54.1 Å². The third-order valence-electron chi connectivity index (χ3n) is 5.65. The van der Waals surface area contributed by atoms with E-state index < -0.39 is 29.3 Å². The molecule has 192 valence electrons. The molecule has 1 fully saturated rings. The number of rotatable bonds is 6. The Morgan fingerprint density at radius 1 is 1.00 bits per heavy atom. The zero-order chi connectivity index (χ0) is 26.2. The number of hydrogen-bond donors (Lipinski definition) is 3. The van der Waals surface area contributed by atoms with Gasteiger partial charge in [-0.2, -0.15) is 0 Å². The minimum Gasteiger partial charge on any atom is -0.485 e. The first-order chi connectivity index (χ1) is 17.2. The van der Waals surface area contributed by atoms with Crippen LogP contribution < -0.4 is 9.64 Å². The lowest BCUT2D eigenvalue weighted by molar-refractivity contribution is -0.159. The summed E-state index contributed by atoms with van der Waals surface area (Å²) in [6.45, 7) is 6.30. The molecule has 0 spiro atoms. The molecule has 3 aromatic rings. The number of aliphatic hydroxyl groups excluding tert-OH is 1. The van der Waals surface area contributed by atoms with Crippen molar-refractivity contribution < 1.29 is 38.4 Å². The summed E-state index contributed by atoms with van der Waals surface area (Å²) in [4.78, 5) is 27.6. The SMILES string of the molecule is CCN1CCN(c2nc(-c3cc(F)c(OCCO)c(F)c3)cc3ccccc23)CC1.O=C(O)C(=O)O.